The van der Waals surface area contributed by atoms with Crippen molar-refractivity contribution < 1.29 is 13.2 Å². The van der Waals surface area contributed by atoms with Crippen molar-refractivity contribution in [3.63, 3.8) is 0 Å². The van der Waals surface area contributed by atoms with Gasteiger partial charge >= 0.3 is 6.03 Å². The molecule has 8 heteroatoms. The lowest BCUT2D eigenvalue weighted by atomic mass is 10.4. The Morgan fingerprint density at radius 3 is 2.26 bits per heavy atom. The molecule has 2 aromatic rings. The number of hydrogen-bond acceptors (Lipinski definition) is 5. The number of benzene rings is 1. The lowest BCUT2D eigenvalue weighted by Gasteiger charge is -2.07. The molecule has 0 aliphatic rings. The molecule has 0 spiro atoms. The smallest absolute Gasteiger partial charge is 0.275 e. The SMILES string of the molecule is O=C(Nc1ncccn1)NS(=O)(=O)c1ccccc1. The highest BCUT2D eigenvalue weighted by molar-refractivity contribution is 7.90. The third-order valence-corrected chi connectivity index (χ3v) is 3.42. The first-order valence-corrected chi connectivity index (χ1v) is 6.72. The van der Waals surface area contributed by atoms with E-state index >= 15 is 0 Å². The molecule has 7 nitrogen and oxygen atoms in total. The number of anilines is 1. The standard InChI is InChI=1S/C11H10N4O3S/c16-11(14-10-12-7-4-8-13-10)15-19(17,18)9-5-2-1-3-6-9/h1-8H,(H2,12,13,14,15,16). The molecule has 0 radical (unpaired) electrons. The normalized spacial score (nSPS) is 10.7. The van der Waals surface area contributed by atoms with Gasteiger partial charge in [0.15, 0.2) is 0 Å². The molecule has 0 bridgehead atoms. The average Bonchev–Trinajstić information content (AvgIpc) is 2.40. The number of aromatic nitrogens is 2. The number of carbonyl (C=O) groups excluding carboxylic acids is 1. The Labute approximate surface area is 109 Å². The number of sulfonamides is 1. The molecule has 0 saturated heterocycles. The summed E-state index contributed by atoms with van der Waals surface area (Å²) in [6, 6.07) is 8.22. The predicted molar refractivity (Wildman–Crippen MR) is 67.8 cm³/mol. The van der Waals surface area contributed by atoms with E-state index in [1.807, 2.05) is 4.72 Å². The molecule has 1 aromatic heterocycles. The van der Waals surface area contributed by atoms with Crippen LogP contribution in [0, 0.1) is 0 Å². The molecule has 0 saturated carbocycles. The van der Waals surface area contributed by atoms with Crippen molar-refractivity contribution >= 4 is 22.0 Å². The first kappa shape index (κ1) is 13.0. The molecular formula is C11H10N4O3S. The number of amides is 2. The Morgan fingerprint density at radius 2 is 1.63 bits per heavy atom. The molecule has 0 aliphatic heterocycles. The molecular weight excluding hydrogens is 268 g/mol. The third kappa shape index (κ3) is 3.49. The summed E-state index contributed by atoms with van der Waals surface area (Å²) in [5.74, 6) is 0.0169. The Balaban J connectivity index is 2.07. The fourth-order valence-corrected chi connectivity index (χ4v) is 2.20. The molecule has 0 fully saturated rings. The summed E-state index contributed by atoms with van der Waals surface area (Å²) >= 11 is 0. The number of urea groups is 1. The van der Waals surface area contributed by atoms with Gasteiger partial charge in [-0.3, -0.25) is 5.32 Å². The maximum Gasteiger partial charge on any atom is 0.335 e. The molecule has 19 heavy (non-hydrogen) atoms. The summed E-state index contributed by atoms with van der Waals surface area (Å²) in [4.78, 5) is 19.0. The Bertz CT molecular complexity index is 659. The van der Waals surface area contributed by atoms with E-state index in [0.717, 1.165) is 0 Å². The van der Waals surface area contributed by atoms with Gasteiger partial charge in [0.25, 0.3) is 10.0 Å². The van der Waals surface area contributed by atoms with Gasteiger partial charge in [-0.1, -0.05) is 18.2 Å². The van der Waals surface area contributed by atoms with Crippen molar-refractivity contribution in [2.24, 2.45) is 0 Å². The van der Waals surface area contributed by atoms with E-state index in [1.165, 1.54) is 24.5 Å². The van der Waals surface area contributed by atoms with Crippen molar-refractivity contribution in [2.45, 2.75) is 4.90 Å². The number of rotatable bonds is 3. The second-order valence-corrected chi connectivity index (χ2v) is 5.13. The predicted octanol–water partition coefficient (Wildman–Crippen LogP) is 0.987. The van der Waals surface area contributed by atoms with Crippen LogP contribution in [0.1, 0.15) is 0 Å². The minimum Gasteiger partial charge on any atom is -0.275 e. The van der Waals surface area contributed by atoms with Gasteiger partial charge in [-0.2, -0.15) is 0 Å². The highest BCUT2D eigenvalue weighted by atomic mass is 32.2. The average molecular weight is 278 g/mol. The van der Waals surface area contributed by atoms with Gasteiger partial charge in [-0.15, -0.1) is 0 Å². The molecule has 2 N–H and O–H groups in total. The largest absolute Gasteiger partial charge is 0.335 e. The summed E-state index contributed by atoms with van der Waals surface area (Å²) in [5, 5.41) is 2.22. The van der Waals surface area contributed by atoms with E-state index in [4.69, 9.17) is 0 Å². The van der Waals surface area contributed by atoms with E-state index in [9.17, 15) is 13.2 Å². The lowest BCUT2D eigenvalue weighted by molar-refractivity contribution is 0.256. The first-order chi connectivity index (χ1) is 9.08. The molecule has 1 heterocycles. The summed E-state index contributed by atoms with van der Waals surface area (Å²) in [6.45, 7) is 0. The van der Waals surface area contributed by atoms with Crippen LogP contribution in [0.4, 0.5) is 10.7 Å². The van der Waals surface area contributed by atoms with Crippen LogP contribution in [0.15, 0.2) is 53.7 Å². The van der Waals surface area contributed by atoms with Gasteiger partial charge in [-0.25, -0.2) is 27.9 Å². The summed E-state index contributed by atoms with van der Waals surface area (Å²) in [6.07, 6.45) is 2.85. The minimum atomic E-state index is -3.90. The Kier molecular flexibility index (Phi) is 3.71. The van der Waals surface area contributed by atoms with Gasteiger partial charge in [-0.05, 0) is 18.2 Å². The topological polar surface area (TPSA) is 101 Å². The third-order valence-electron chi connectivity index (χ3n) is 2.07. The lowest BCUT2D eigenvalue weighted by Crippen LogP contribution is -2.34. The van der Waals surface area contributed by atoms with Crippen LogP contribution in [0.3, 0.4) is 0 Å². The maximum absolute atomic E-state index is 11.8. The first-order valence-electron chi connectivity index (χ1n) is 5.24. The van der Waals surface area contributed by atoms with Crippen LogP contribution in [-0.2, 0) is 10.0 Å². The summed E-state index contributed by atoms with van der Waals surface area (Å²) in [5.41, 5.74) is 0. The van der Waals surface area contributed by atoms with Crippen LogP contribution in [0.2, 0.25) is 0 Å². The molecule has 98 valence electrons. The van der Waals surface area contributed by atoms with Gasteiger partial charge in [0.05, 0.1) is 4.90 Å². The molecule has 0 atom stereocenters. The second-order valence-electron chi connectivity index (χ2n) is 3.45. The molecule has 0 aliphatic carbocycles. The van der Waals surface area contributed by atoms with E-state index < -0.39 is 16.1 Å². The maximum atomic E-state index is 11.8. The zero-order valence-electron chi connectivity index (χ0n) is 9.65. The zero-order valence-corrected chi connectivity index (χ0v) is 10.5. The van der Waals surface area contributed by atoms with Crippen molar-refractivity contribution in [3.05, 3.63) is 48.8 Å². The van der Waals surface area contributed by atoms with Crippen LogP contribution in [0.5, 0.6) is 0 Å². The fourth-order valence-electron chi connectivity index (χ4n) is 1.27. The van der Waals surface area contributed by atoms with Crippen molar-refractivity contribution in [1.82, 2.24) is 14.7 Å². The van der Waals surface area contributed by atoms with Crippen molar-refractivity contribution in [3.8, 4) is 0 Å². The van der Waals surface area contributed by atoms with E-state index in [0.29, 0.717) is 0 Å². The highest BCUT2D eigenvalue weighted by Crippen LogP contribution is 2.07. The zero-order chi connectivity index (χ0) is 13.7. The second kappa shape index (κ2) is 5.44. The van der Waals surface area contributed by atoms with E-state index in [2.05, 4.69) is 15.3 Å². The van der Waals surface area contributed by atoms with Gasteiger partial charge in [0.1, 0.15) is 0 Å². The van der Waals surface area contributed by atoms with Crippen molar-refractivity contribution in [2.75, 3.05) is 5.32 Å². The summed E-state index contributed by atoms with van der Waals surface area (Å²) < 4.78 is 25.5. The minimum absolute atomic E-state index is 0.000806. The van der Waals surface area contributed by atoms with E-state index in [-0.39, 0.29) is 10.8 Å². The number of hydrogen-bond donors (Lipinski definition) is 2. The number of nitrogens with zero attached hydrogens (tertiary/aromatic N) is 2. The van der Waals surface area contributed by atoms with Gasteiger partial charge in [0, 0.05) is 12.4 Å². The van der Waals surface area contributed by atoms with E-state index in [1.54, 1.807) is 24.3 Å². The molecule has 2 rings (SSSR count). The molecule has 2 amide bonds. The summed E-state index contributed by atoms with van der Waals surface area (Å²) in [7, 11) is -3.90. The van der Waals surface area contributed by atoms with Crippen molar-refractivity contribution in [1.29, 1.82) is 0 Å². The number of nitrogens with one attached hydrogen (secondary N) is 2. The Hall–Kier alpha value is -2.48. The Morgan fingerprint density at radius 1 is 1.00 bits per heavy atom. The fraction of sp³-hybridized carbons (Fsp3) is 0. The quantitative estimate of drug-likeness (QED) is 0.871. The van der Waals surface area contributed by atoms with Crippen LogP contribution >= 0.6 is 0 Å². The van der Waals surface area contributed by atoms with Crippen LogP contribution in [0.25, 0.3) is 0 Å². The molecule has 0 unspecified atom stereocenters. The van der Waals surface area contributed by atoms with Gasteiger partial charge in [0.2, 0.25) is 5.95 Å². The van der Waals surface area contributed by atoms with Gasteiger partial charge < -0.3 is 0 Å². The molecule has 1 aromatic carbocycles. The van der Waals surface area contributed by atoms with Crippen LogP contribution < -0.4 is 10.0 Å². The highest BCUT2D eigenvalue weighted by Gasteiger charge is 2.17. The van der Waals surface area contributed by atoms with Crippen LogP contribution in [-0.4, -0.2) is 24.4 Å². The monoisotopic (exact) mass is 278 g/mol. The number of carbonyl (C=O) groups is 1.